The van der Waals surface area contributed by atoms with Crippen molar-refractivity contribution in [1.29, 1.82) is 0 Å². The number of carbonyl (C=O) groups excluding carboxylic acids is 1. The van der Waals surface area contributed by atoms with E-state index < -0.39 is 0 Å². The fourth-order valence-corrected chi connectivity index (χ4v) is 2.72. The van der Waals surface area contributed by atoms with E-state index in [1.165, 1.54) is 0 Å². The molecular weight excluding hydrogens is 210 g/mol. The van der Waals surface area contributed by atoms with Gasteiger partial charge in [0.25, 0.3) is 0 Å². The van der Waals surface area contributed by atoms with E-state index in [9.17, 15) is 4.79 Å². The number of Topliss-reactive ketones (excluding diaryl/α,β-unsaturated/α-hetero) is 1. The second kappa shape index (κ2) is 5.44. The van der Waals surface area contributed by atoms with E-state index in [0.29, 0.717) is 17.6 Å². The predicted molar refractivity (Wildman–Crippen MR) is 68.6 cm³/mol. The summed E-state index contributed by atoms with van der Waals surface area (Å²) in [6.07, 6.45) is 5.52. The normalized spacial score (nSPS) is 25.2. The lowest BCUT2D eigenvalue weighted by Crippen LogP contribution is -2.29. The van der Waals surface area contributed by atoms with Gasteiger partial charge in [0.15, 0.2) is 0 Å². The largest absolute Gasteiger partial charge is 0.299 e. The van der Waals surface area contributed by atoms with Crippen LogP contribution in [0.25, 0.3) is 0 Å². The molecule has 1 aliphatic carbocycles. The third-order valence-electron chi connectivity index (χ3n) is 3.93. The van der Waals surface area contributed by atoms with Gasteiger partial charge in [0.05, 0.1) is 0 Å². The van der Waals surface area contributed by atoms with Crippen LogP contribution < -0.4 is 0 Å². The summed E-state index contributed by atoms with van der Waals surface area (Å²) in [5.41, 5.74) is 1.05. The summed E-state index contributed by atoms with van der Waals surface area (Å²) in [5, 5.41) is 0. The van der Waals surface area contributed by atoms with E-state index in [1.54, 1.807) is 0 Å². The maximum atomic E-state index is 11.9. The summed E-state index contributed by atoms with van der Waals surface area (Å²) in [5.74, 6) is 2.04. The van der Waals surface area contributed by atoms with Gasteiger partial charge in [-0.3, -0.25) is 9.78 Å². The van der Waals surface area contributed by atoms with Crippen molar-refractivity contribution in [3.63, 3.8) is 0 Å². The molecule has 2 rings (SSSR count). The Morgan fingerprint density at radius 2 is 2.24 bits per heavy atom. The molecule has 2 unspecified atom stereocenters. The van der Waals surface area contributed by atoms with Crippen LogP contribution in [0.5, 0.6) is 0 Å². The van der Waals surface area contributed by atoms with E-state index in [0.717, 1.165) is 31.4 Å². The van der Waals surface area contributed by atoms with E-state index in [4.69, 9.17) is 0 Å². The van der Waals surface area contributed by atoms with Gasteiger partial charge in [0, 0.05) is 24.2 Å². The number of ketones is 1. The average Bonchev–Trinajstić information content (AvgIpc) is 2.33. The van der Waals surface area contributed by atoms with Crippen molar-refractivity contribution in [3.05, 3.63) is 30.1 Å². The van der Waals surface area contributed by atoms with Crippen LogP contribution in [0.4, 0.5) is 0 Å². The number of carbonyl (C=O) groups is 1. The molecule has 2 nitrogen and oxygen atoms in total. The second-order valence-electron chi connectivity index (χ2n) is 5.47. The van der Waals surface area contributed by atoms with Crippen molar-refractivity contribution in [3.8, 4) is 0 Å². The maximum Gasteiger partial charge on any atom is 0.136 e. The van der Waals surface area contributed by atoms with Crippen LogP contribution in [-0.4, -0.2) is 10.8 Å². The standard InChI is InChI=1S/C15H21NO/c1-11(2)12-6-7-15(17)13(9-12)10-14-5-3-4-8-16-14/h3-5,8,11-13H,6-7,9-10H2,1-2H3. The molecule has 0 amide bonds. The third-order valence-corrected chi connectivity index (χ3v) is 3.93. The lowest BCUT2D eigenvalue weighted by molar-refractivity contribution is -0.125. The third kappa shape index (κ3) is 3.15. The van der Waals surface area contributed by atoms with Crippen molar-refractivity contribution < 1.29 is 4.79 Å². The monoisotopic (exact) mass is 231 g/mol. The molecule has 0 saturated heterocycles. The molecule has 0 N–H and O–H groups in total. The van der Waals surface area contributed by atoms with Gasteiger partial charge >= 0.3 is 0 Å². The predicted octanol–water partition coefficient (Wildman–Crippen LogP) is 3.27. The van der Waals surface area contributed by atoms with Crippen LogP contribution in [0, 0.1) is 17.8 Å². The molecule has 1 fully saturated rings. The van der Waals surface area contributed by atoms with Crippen LogP contribution in [0.3, 0.4) is 0 Å². The summed E-state index contributed by atoms with van der Waals surface area (Å²) in [4.78, 5) is 16.3. The summed E-state index contributed by atoms with van der Waals surface area (Å²) in [7, 11) is 0. The number of nitrogens with zero attached hydrogens (tertiary/aromatic N) is 1. The SMILES string of the molecule is CC(C)C1CCC(=O)C(Cc2ccccn2)C1. The molecule has 1 aromatic rings. The quantitative estimate of drug-likeness (QED) is 0.799. The zero-order valence-electron chi connectivity index (χ0n) is 10.7. The van der Waals surface area contributed by atoms with Gasteiger partial charge in [0.1, 0.15) is 5.78 Å². The molecule has 0 radical (unpaired) electrons. The minimum atomic E-state index is 0.200. The Kier molecular flexibility index (Phi) is 3.93. The number of hydrogen-bond donors (Lipinski definition) is 0. The lowest BCUT2D eigenvalue weighted by atomic mass is 9.74. The molecule has 92 valence electrons. The van der Waals surface area contributed by atoms with Crippen molar-refractivity contribution in [2.24, 2.45) is 17.8 Å². The Bertz CT molecular complexity index is 372. The van der Waals surface area contributed by atoms with Gasteiger partial charge < -0.3 is 0 Å². The van der Waals surface area contributed by atoms with Gasteiger partial charge in [-0.1, -0.05) is 19.9 Å². The van der Waals surface area contributed by atoms with E-state index in [1.807, 2.05) is 24.4 Å². The number of pyridine rings is 1. The summed E-state index contributed by atoms with van der Waals surface area (Å²) >= 11 is 0. The van der Waals surface area contributed by atoms with E-state index in [-0.39, 0.29) is 5.92 Å². The zero-order chi connectivity index (χ0) is 12.3. The van der Waals surface area contributed by atoms with Crippen molar-refractivity contribution >= 4 is 5.78 Å². The Balaban J connectivity index is 2.01. The first-order valence-electron chi connectivity index (χ1n) is 6.59. The molecule has 2 heteroatoms. The molecule has 0 aromatic carbocycles. The first-order valence-corrected chi connectivity index (χ1v) is 6.59. The molecule has 17 heavy (non-hydrogen) atoms. The number of rotatable bonds is 3. The average molecular weight is 231 g/mol. The highest BCUT2D eigenvalue weighted by molar-refractivity contribution is 5.82. The van der Waals surface area contributed by atoms with Crippen LogP contribution in [-0.2, 0) is 11.2 Å². The smallest absolute Gasteiger partial charge is 0.136 e. The van der Waals surface area contributed by atoms with Crippen molar-refractivity contribution in [2.45, 2.75) is 39.5 Å². The highest BCUT2D eigenvalue weighted by Gasteiger charge is 2.30. The summed E-state index contributed by atoms with van der Waals surface area (Å²) < 4.78 is 0. The summed E-state index contributed by atoms with van der Waals surface area (Å²) in [6.45, 7) is 4.52. The molecule has 0 aliphatic heterocycles. The molecule has 0 spiro atoms. The number of hydrogen-bond acceptors (Lipinski definition) is 2. The minimum absolute atomic E-state index is 0.200. The highest BCUT2D eigenvalue weighted by Crippen LogP contribution is 2.33. The molecule has 2 atom stereocenters. The second-order valence-corrected chi connectivity index (χ2v) is 5.47. The Morgan fingerprint density at radius 3 is 2.88 bits per heavy atom. The van der Waals surface area contributed by atoms with E-state index >= 15 is 0 Å². The molecule has 1 heterocycles. The van der Waals surface area contributed by atoms with E-state index in [2.05, 4.69) is 18.8 Å². The molecule has 0 bridgehead atoms. The minimum Gasteiger partial charge on any atom is -0.299 e. The van der Waals surface area contributed by atoms with Crippen LogP contribution >= 0.6 is 0 Å². The topological polar surface area (TPSA) is 30.0 Å². The fraction of sp³-hybridized carbons (Fsp3) is 0.600. The van der Waals surface area contributed by atoms with Crippen molar-refractivity contribution in [2.75, 3.05) is 0 Å². The van der Waals surface area contributed by atoms with Gasteiger partial charge in [-0.05, 0) is 43.2 Å². The Labute approximate surface area is 103 Å². The van der Waals surface area contributed by atoms with Gasteiger partial charge in [-0.25, -0.2) is 0 Å². The van der Waals surface area contributed by atoms with Crippen LogP contribution in [0.15, 0.2) is 24.4 Å². The molecule has 1 aliphatic rings. The fourth-order valence-electron chi connectivity index (χ4n) is 2.72. The molecule has 1 saturated carbocycles. The van der Waals surface area contributed by atoms with Gasteiger partial charge in [0.2, 0.25) is 0 Å². The van der Waals surface area contributed by atoms with Crippen LogP contribution in [0.2, 0.25) is 0 Å². The Hall–Kier alpha value is -1.18. The first-order chi connectivity index (χ1) is 8.16. The zero-order valence-corrected chi connectivity index (χ0v) is 10.7. The van der Waals surface area contributed by atoms with Crippen molar-refractivity contribution in [1.82, 2.24) is 4.98 Å². The number of aromatic nitrogens is 1. The van der Waals surface area contributed by atoms with Crippen LogP contribution in [0.1, 0.15) is 38.8 Å². The first kappa shape index (κ1) is 12.3. The Morgan fingerprint density at radius 1 is 1.41 bits per heavy atom. The maximum absolute atomic E-state index is 11.9. The lowest BCUT2D eigenvalue weighted by Gasteiger charge is -2.30. The molecule has 1 aromatic heterocycles. The van der Waals surface area contributed by atoms with Gasteiger partial charge in [-0.15, -0.1) is 0 Å². The highest BCUT2D eigenvalue weighted by atomic mass is 16.1. The molecular formula is C15H21NO. The summed E-state index contributed by atoms with van der Waals surface area (Å²) in [6, 6.07) is 5.94. The van der Waals surface area contributed by atoms with Gasteiger partial charge in [-0.2, -0.15) is 0 Å².